The van der Waals surface area contributed by atoms with Gasteiger partial charge in [0.05, 0.1) is 17.7 Å². The number of methoxy groups -OCH3 is 1. The van der Waals surface area contributed by atoms with Crippen LogP contribution in [-0.4, -0.2) is 38.2 Å². The first kappa shape index (κ1) is 24.4. The minimum absolute atomic E-state index is 0.0689. The molecule has 4 rings (SSSR count). The van der Waals surface area contributed by atoms with Gasteiger partial charge in [0.2, 0.25) is 11.0 Å². The van der Waals surface area contributed by atoms with Crippen molar-refractivity contribution < 1.29 is 17.9 Å². The minimum Gasteiger partial charge on any atom is -0.495 e. The predicted octanol–water partition coefficient (Wildman–Crippen LogP) is 4.66. The van der Waals surface area contributed by atoms with Gasteiger partial charge in [-0.2, -0.15) is 0 Å². The number of anilines is 2. The average Bonchev–Trinajstić information content (AvgIpc) is 3.31. The first-order chi connectivity index (χ1) is 16.8. The fourth-order valence-corrected chi connectivity index (χ4v) is 5.55. The third kappa shape index (κ3) is 5.50. The lowest BCUT2D eigenvalue weighted by atomic mass is 10.2. The Kier molecular flexibility index (Phi) is 7.13. The molecule has 0 radical (unpaired) electrons. The van der Waals surface area contributed by atoms with Gasteiger partial charge in [0, 0.05) is 5.56 Å². The summed E-state index contributed by atoms with van der Waals surface area (Å²) >= 11 is 1.21. The van der Waals surface area contributed by atoms with Crippen molar-refractivity contribution in [2.24, 2.45) is 0 Å². The van der Waals surface area contributed by atoms with E-state index in [0.717, 1.165) is 21.0 Å². The summed E-state index contributed by atoms with van der Waals surface area (Å²) in [6.07, 6.45) is 0. The highest BCUT2D eigenvalue weighted by molar-refractivity contribution is 7.92. The Labute approximate surface area is 208 Å². The lowest BCUT2D eigenvalue weighted by Crippen LogP contribution is -2.38. The van der Waals surface area contributed by atoms with Crippen molar-refractivity contribution >= 4 is 38.1 Å². The number of rotatable bonds is 8. The number of sulfonamides is 1. The maximum Gasteiger partial charge on any atom is 0.264 e. The molecule has 1 aromatic heterocycles. The van der Waals surface area contributed by atoms with Crippen molar-refractivity contribution in [3.05, 3.63) is 83.9 Å². The van der Waals surface area contributed by atoms with Crippen LogP contribution in [0.1, 0.15) is 11.1 Å². The summed E-state index contributed by atoms with van der Waals surface area (Å²) in [6.45, 7) is 3.39. The molecular formula is C25H24N4O4S2. The summed E-state index contributed by atoms with van der Waals surface area (Å²) in [4.78, 5) is 13.1. The Morgan fingerprint density at radius 3 is 2.23 bits per heavy atom. The number of ether oxygens (including phenoxy) is 1. The molecule has 8 nitrogen and oxygen atoms in total. The molecule has 1 amide bonds. The number of carbonyl (C=O) groups is 1. The van der Waals surface area contributed by atoms with Gasteiger partial charge in [0.15, 0.2) is 0 Å². The Hall–Kier alpha value is -3.76. The van der Waals surface area contributed by atoms with Gasteiger partial charge in [-0.15, -0.1) is 10.2 Å². The smallest absolute Gasteiger partial charge is 0.264 e. The highest BCUT2D eigenvalue weighted by atomic mass is 32.2. The fourth-order valence-electron chi connectivity index (χ4n) is 3.35. The number of aromatic nitrogens is 2. The average molecular weight is 509 g/mol. The molecule has 0 aliphatic heterocycles. The number of amides is 1. The zero-order chi connectivity index (χ0) is 25.0. The van der Waals surface area contributed by atoms with Gasteiger partial charge < -0.3 is 4.74 Å². The van der Waals surface area contributed by atoms with Crippen molar-refractivity contribution in [3.63, 3.8) is 0 Å². The molecule has 0 unspecified atom stereocenters. The molecule has 0 saturated heterocycles. The summed E-state index contributed by atoms with van der Waals surface area (Å²) in [5, 5.41) is 11.8. The van der Waals surface area contributed by atoms with Crippen LogP contribution in [0.2, 0.25) is 0 Å². The molecule has 3 aromatic carbocycles. The molecule has 10 heteroatoms. The van der Waals surface area contributed by atoms with E-state index in [4.69, 9.17) is 4.74 Å². The Bertz CT molecular complexity index is 1430. The van der Waals surface area contributed by atoms with Gasteiger partial charge in [0.1, 0.15) is 17.3 Å². The third-order valence-corrected chi connectivity index (χ3v) is 7.88. The van der Waals surface area contributed by atoms with E-state index >= 15 is 0 Å². The van der Waals surface area contributed by atoms with Crippen LogP contribution in [0.4, 0.5) is 10.8 Å². The predicted molar refractivity (Wildman–Crippen MR) is 137 cm³/mol. The second kappa shape index (κ2) is 10.2. The zero-order valence-corrected chi connectivity index (χ0v) is 21.1. The van der Waals surface area contributed by atoms with E-state index in [0.29, 0.717) is 10.8 Å². The molecule has 0 aliphatic rings. The highest BCUT2D eigenvalue weighted by Gasteiger charge is 2.29. The summed E-state index contributed by atoms with van der Waals surface area (Å²) < 4.78 is 33.6. The van der Waals surface area contributed by atoms with E-state index in [1.54, 1.807) is 36.4 Å². The number of aryl methyl sites for hydroxylation is 2. The van der Waals surface area contributed by atoms with Gasteiger partial charge in [-0.3, -0.25) is 14.4 Å². The topological polar surface area (TPSA) is 101 Å². The summed E-state index contributed by atoms with van der Waals surface area (Å²) in [5.41, 5.74) is 3.18. The van der Waals surface area contributed by atoms with Gasteiger partial charge in [-0.05, 0) is 38.1 Å². The molecule has 0 atom stereocenters. The number of para-hydroxylation sites is 2. The number of nitrogens with one attached hydrogen (secondary N) is 1. The van der Waals surface area contributed by atoms with Crippen molar-refractivity contribution in [3.8, 4) is 16.3 Å². The Balaban J connectivity index is 1.62. The van der Waals surface area contributed by atoms with E-state index < -0.39 is 22.5 Å². The van der Waals surface area contributed by atoms with Gasteiger partial charge in [-0.25, -0.2) is 8.42 Å². The molecule has 4 aromatic rings. The van der Waals surface area contributed by atoms with E-state index in [2.05, 4.69) is 15.5 Å². The number of hydrogen-bond acceptors (Lipinski definition) is 7. The number of benzene rings is 3. The van der Waals surface area contributed by atoms with Gasteiger partial charge in [0.25, 0.3) is 10.0 Å². The summed E-state index contributed by atoms with van der Waals surface area (Å²) in [7, 11) is -2.62. The second-order valence-corrected chi connectivity index (χ2v) is 10.7. The largest absolute Gasteiger partial charge is 0.495 e. The molecule has 0 fully saturated rings. The van der Waals surface area contributed by atoms with Crippen molar-refractivity contribution in [1.82, 2.24) is 10.2 Å². The molecule has 0 saturated carbocycles. The van der Waals surface area contributed by atoms with E-state index in [1.165, 1.54) is 30.6 Å². The number of carbonyl (C=O) groups excluding carboxylic acids is 1. The van der Waals surface area contributed by atoms with Crippen molar-refractivity contribution in [1.29, 1.82) is 0 Å². The molecule has 0 spiro atoms. The van der Waals surface area contributed by atoms with Crippen molar-refractivity contribution in [2.75, 3.05) is 23.3 Å². The monoisotopic (exact) mass is 508 g/mol. The maximum atomic E-state index is 13.6. The lowest BCUT2D eigenvalue weighted by Gasteiger charge is -2.25. The third-order valence-electron chi connectivity index (χ3n) is 5.22. The Morgan fingerprint density at radius 1 is 0.943 bits per heavy atom. The molecular weight excluding hydrogens is 484 g/mol. The maximum absolute atomic E-state index is 13.6. The van der Waals surface area contributed by atoms with Crippen LogP contribution in [0.15, 0.2) is 77.7 Å². The summed E-state index contributed by atoms with van der Waals surface area (Å²) in [6, 6.07) is 20.9. The van der Waals surface area contributed by atoms with E-state index in [1.807, 2.05) is 38.1 Å². The zero-order valence-electron chi connectivity index (χ0n) is 19.4. The molecule has 180 valence electrons. The molecule has 35 heavy (non-hydrogen) atoms. The lowest BCUT2D eigenvalue weighted by molar-refractivity contribution is -0.114. The van der Waals surface area contributed by atoms with Crippen LogP contribution < -0.4 is 14.4 Å². The second-order valence-electron chi connectivity index (χ2n) is 7.82. The van der Waals surface area contributed by atoms with Gasteiger partial charge >= 0.3 is 0 Å². The van der Waals surface area contributed by atoms with Crippen LogP contribution >= 0.6 is 11.3 Å². The number of hydrogen-bond donors (Lipinski definition) is 1. The molecule has 0 aliphatic carbocycles. The minimum atomic E-state index is -4.07. The van der Waals surface area contributed by atoms with E-state index in [9.17, 15) is 13.2 Å². The van der Waals surface area contributed by atoms with Crippen LogP contribution in [0.3, 0.4) is 0 Å². The van der Waals surface area contributed by atoms with Crippen LogP contribution in [0, 0.1) is 13.8 Å². The molecule has 0 bridgehead atoms. The van der Waals surface area contributed by atoms with Crippen LogP contribution in [0.5, 0.6) is 5.75 Å². The fraction of sp³-hybridized carbons (Fsp3) is 0.160. The van der Waals surface area contributed by atoms with E-state index in [-0.39, 0.29) is 15.7 Å². The first-order valence-corrected chi connectivity index (χ1v) is 13.0. The first-order valence-electron chi connectivity index (χ1n) is 10.7. The standard InChI is InChI=1S/C25H24N4O4S2/c1-17-8-12-19(13-9-17)24-27-28-25(34-24)26-23(30)16-29(21-6-4-5-7-22(21)33-3)35(31,32)20-14-10-18(2)11-15-20/h4-15H,16H2,1-3H3,(H,26,28,30). The van der Waals surface area contributed by atoms with Gasteiger partial charge in [-0.1, -0.05) is 71.0 Å². The van der Waals surface area contributed by atoms with Crippen molar-refractivity contribution in [2.45, 2.75) is 18.7 Å². The quantitative estimate of drug-likeness (QED) is 0.371. The van der Waals surface area contributed by atoms with Crippen LogP contribution in [-0.2, 0) is 14.8 Å². The highest BCUT2D eigenvalue weighted by Crippen LogP contribution is 2.32. The molecule has 1 heterocycles. The Morgan fingerprint density at radius 2 is 1.57 bits per heavy atom. The normalized spacial score (nSPS) is 11.2. The molecule has 1 N–H and O–H groups in total. The van der Waals surface area contributed by atoms with Crippen LogP contribution in [0.25, 0.3) is 10.6 Å². The summed E-state index contributed by atoms with van der Waals surface area (Å²) in [5.74, 6) is -0.230. The number of nitrogens with zero attached hydrogens (tertiary/aromatic N) is 3. The SMILES string of the molecule is COc1ccccc1N(CC(=O)Nc1nnc(-c2ccc(C)cc2)s1)S(=O)(=O)c1ccc(C)cc1.